The molecule has 0 bridgehead atoms. The number of para-hydroxylation sites is 1. The molecule has 0 radical (unpaired) electrons. The molecule has 2 heterocycles. The Balaban J connectivity index is 1.54. The average Bonchev–Trinajstić information content (AvgIpc) is 3.17. The van der Waals surface area contributed by atoms with Crippen LogP contribution in [0.5, 0.6) is 0 Å². The third-order valence-corrected chi connectivity index (χ3v) is 7.25. The smallest absolute Gasteiger partial charge is 0.317 e. The minimum Gasteiger partial charge on any atom is -0.341 e. The highest BCUT2D eigenvalue weighted by atomic mass is 32.2. The van der Waals surface area contributed by atoms with E-state index in [1.54, 1.807) is 11.9 Å². The fourth-order valence-electron chi connectivity index (χ4n) is 4.08. The van der Waals surface area contributed by atoms with Crippen LogP contribution in [0.2, 0.25) is 0 Å². The number of hydrogen-bond acceptors (Lipinski definition) is 3. The Morgan fingerprint density at radius 3 is 2.64 bits per heavy atom. The summed E-state index contributed by atoms with van der Waals surface area (Å²) in [4.78, 5) is 14.1. The van der Waals surface area contributed by atoms with Gasteiger partial charge < -0.3 is 14.8 Å². The molecule has 28 heavy (non-hydrogen) atoms. The van der Waals surface area contributed by atoms with E-state index in [1.165, 1.54) is 21.8 Å². The lowest BCUT2D eigenvalue weighted by Gasteiger charge is -2.20. The summed E-state index contributed by atoms with van der Waals surface area (Å²) in [5.41, 5.74) is 3.45. The van der Waals surface area contributed by atoms with E-state index in [-0.39, 0.29) is 23.6 Å². The van der Waals surface area contributed by atoms with Gasteiger partial charge in [-0.15, -0.1) is 0 Å². The third kappa shape index (κ3) is 3.46. The molecule has 148 valence electrons. The van der Waals surface area contributed by atoms with Gasteiger partial charge in [-0.05, 0) is 37.1 Å². The fraction of sp³-hybridized carbons (Fsp3) is 0.381. The zero-order valence-electron chi connectivity index (χ0n) is 16.2. The summed E-state index contributed by atoms with van der Waals surface area (Å²) in [5.74, 6) is 0.189. The lowest BCUT2D eigenvalue weighted by Crippen LogP contribution is -2.43. The minimum absolute atomic E-state index is 0.0368. The van der Waals surface area contributed by atoms with Crippen molar-refractivity contribution in [3.8, 4) is 0 Å². The fourth-order valence-corrected chi connectivity index (χ4v) is 5.75. The molecular formula is C21H25N3O3S. The molecule has 6 nitrogen and oxygen atoms in total. The first-order valence-corrected chi connectivity index (χ1v) is 11.4. The number of benzene rings is 2. The number of hydrogen-bond donors (Lipinski definition) is 1. The number of aryl methyl sites for hydroxylation is 1. The SMILES string of the molecule is CCn1c2ccccc2c2cc(CN(C)C(=O)N[C@H]3CCS(=O)(=O)C3)ccc21. The number of nitrogens with one attached hydrogen (secondary N) is 1. The zero-order valence-corrected chi connectivity index (χ0v) is 17.0. The molecule has 1 N–H and O–H groups in total. The Morgan fingerprint density at radius 2 is 1.93 bits per heavy atom. The highest BCUT2D eigenvalue weighted by Crippen LogP contribution is 2.30. The number of aromatic nitrogens is 1. The number of urea groups is 1. The first-order valence-electron chi connectivity index (χ1n) is 9.60. The van der Waals surface area contributed by atoms with Crippen molar-refractivity contribution in [2.24, 2.45) is 0 Å². The molecule has 1 aliphatic heterocycles. The number of fused-ring (bicyclic) bond motifs is 3. The molecule has 2 aromatic carbocycles. The normalized spacial score (nSPS) is 18.6. The van der Waals surface area contributed by atoms with Crippen molar-refractivity contribution in [2.75, 3.05) is 18.6 Å². The standard InChI is InChI=1S/C21H25N3O3S/c1-3-24-19-7-5-4-6-17(19)18-12-15(8-9-20(18)24)13-23(2)21(25)22-16-10-11-28(26,27)14-16/h4-9,12,16H,3,10-11,13-14H2,1-2H3,(H,22,25)/t16-/m0/s1. The van der Waals surface area contributed by atoms with Crippen LogP contribution in [0.1, 0.15) is 18.9 Å². The van der Waals surface area contributed by atoms with Gasteiger partial charge in [0.1, 0.15) is 0 Å². The van der Waals surface area contributed by atoms with Gasteiger partial charge in [-0.2, -0.15) is 0 Å². The number of amides is 2. The van der Waals surface area contributed by atoms with Gasteiger partial charge in [0, 0.05) is 48.0 Å². The van der Waals surface area contributed by atoms with Crippen molar-refractivity contribution in [1.82, 2.24) is 14.8 Å². The highest BCUT2D eigenvalue weighted by Gasteiger charge is 2.29. The molecular weight excluding hydrogens is 374 g/mol. The molecule has 3 aromatic rings. The molecule has 1 aromatic heterocycles. The van der Waals surface area contributed by atoms with Crippen LogP contribution in [0.15, 0.2) is 42.5 Å². The quantitative estimate of drug-likeness (QED) is 0.733. The number of rotatable bonds is 4. The van der Waals surface area contributed by atoms with Crippen LogP contribution in [0, 0.1) is 0 Å². The predicted octanol–water partition coefficient (Wildman–Crippen LogP) is 3.14. The summed E-state index contributed by atoms with van der Waals surface area (Å²) in [7, 11) is -1.27. The predicted molar refractivity (Wildman–Crippen MR) is 112 cm³/mol. The van der Waals surface area contributed by atoms with Crippen LogP contribution in [0.3, 0.4) is 0 Å². The van der Waals surface area contributed by atoms with Crippen LogP contribution >= 0.6 is 0 Å². The lowest BCUT2D eigenvalue weighted by atomic mass is 10.1. The van der Waals surface area contributed by atoms with E-state index in [2.05, 4.69) is 53.2 Å². The molecule has 1 aliphatic rings. The second-order valence-electron chi connectivity index (χ2n) is 7.52. The molecule has 0 aliphatic carbocycles. The maximum absolute atomic E-state index is 12.5. The van der Waals surface area contributed by atoms with Gasteiger partial charge in [0.2, 0.25) is 0 Å². The van der Waals surface area contributed by atoms with Crippen molar-refractivity contribution < 1.29 is 13.2 Å². The molecule has 0 spiro atoms. The second-order valence-corrected chi connectivity index (χ2v) is 9.75. The van der Waals surface area contributed by atoms with E-state index in [4.69, 9.17) is 0 Å². The third-order valence-electron chi connectivity index (χ3n) is 5.48. The van der Waals surface area contributed by atoms with Gasteiger partial charge in [0.25, 0.3) is 0 Å². The average molecular weight is 400 g/mol. The van der Waals surface area contributed by atoms with E-state index in [0.717, 1.165) is 12.1 Å². The summed E-state index contributed by atoms with van der Waals surface area (Å²) in [6.07, 6.45) is 0.490. The molecule has 1 fully saturated rings. The van der Waals surface area contributed by atoms with Gasteiger partial charge in [0.05, 0.1) is 11.5 Å². The van der Waals surface area contributed by atoms with Crippen LogP contribution in [-0.4, -0.2) is 48.5 Å². The molecule has 2 amide bonds. The molecule has 7 heteroatoms. The number of sulfone groups is 1. The summed E-state index contributed by atoms with van der Waals surface area (Å²) >= 11 is 0. The number of nitrogens with zero attached hydrogens (tertiary/aromatic N) is 2. The largest absolute Gasteiger partial charge is 0.341 e. The van der Waals surface area contributed by atoms with E-state index >= 15 is 0 Å². The Kier molecular flexibility index (Phi) is 4.79. The van der Waals surface area contributed by atoms with Crippen LogP contribution in [0.4, 0.5) is 4.79 Å². The first-order chi connectivity index (χ1) is 13.4. The van der Waals surface area contributed by atoms with Crippen molar-refractivity contribution in [2.45, 2.75) is 32.5 Å². The Morgan fingerprint density at radius 1 is 1.18 bits per heavy atom. The lowest BCUT2D eigenvalue weighted by molar-refractivity contribution is 0.203. The van der Waals surface area contributed by atoms with Crippen LogP contribution in [-0.2, 0) is 22.9 Å². The summed E-state index contributed by atoms with van der Waals surface area (Å²) < 4.78 is 25.4. The van der Waals surface area contributed by atoms with E-state index in [9.17, 15) is 13.2 Å². The van der Waals surface area contributed by atoms with Gasteiger partial charge in [0.15, 0.2) is 9.84 Å². The van der Waals surface area contributed by atoms with E-state index in [1.807, 2.05) is 6.07 Å². The van der Waals surface area contributed by atoms with Crippen LogP contribution in [0.25, 0.3) is 21.8 Å². The Hall–Kier alpha value is -2.54. The van der Waals surface area contributed by atoms with Crippen molar-refractivity contribution in [3.05, 3.63) is 48.0 Å². The first kappa shape index (κ1) is 18.8. The summed E-state index contributed by atoms with van der Waals surface area (Å²) in [5, 5.41) is 5.24. The van der Waals surface area contributed by atoms with Gasteiger partial charge in [-0.3, -0.25) is 0 Å². The molecule has 0 saturated carbocycles. The van der Waals surface area contributed by atoms with E-state index < -0.39 is 9.84 Å². The van der Waals surface area contributed by atoms with Gasteiger partial charge in [-0.25, -0.2) is 13.2 Å². The van der Waals surface area contributed by atoms with Crippen molar-refractivity contribution in [3.63, 3.8) is 0 Å². The molecule has 1 atom stereocenters. The summed E-state index contributed by atoms with van der Waals surface area (Å²) in [6, 6.07) is 14.1. The zero-order chi connectivity index (χ0) is 19.9. The van der Waals surface area contributed by atoms with Crippen molar-refractivity contribution >= 4 is 37.7 Å². The summed E-state index contributed by atoms with van der Waals surface area (Å²) in [6.45, 7) is 3.50. The molecule has 0 unspecified atom stereocenters. The van der Waals surface area contributed by atoms with Gasteiger partial charge >= 0.3 is 6.03 Å². The number of carbonyl (C=O) groups is 1. The maximum Gasteiger partial charge on any atom is 0.317 e. The van der Waals surface area contributed by atoms with Crippen molar-refractivity contribution in [1.29, 1.82) is 0 Å². The Labute approximate surface area is 165 Å². The van der Waals surface area contributed by atoms with Gasteiger partial charge in [-0.1, -0.05) is 24.3 Å². The second kappa shape index (κ2) is 7.13. The molecule has 1 saturated heterocycles. The van der Waals surface area contributed by atoms with Crippen LogP contribution < -0.4 is 5.32 Å². The van der Waals surface area contributed by atoms with E-state index in [0.29, 0.717) is 13.0 Å². The maximum atomic E-state index is 12.5. The minimum atomic E-state index is -3.01. The Bertz CT molecular complexity index is 1150. The monoisotopic (exact) mass is 399 g/mol. The topological polar surface area (TPSA) is 71.4 Å². The highest BCUT2D eigenvalue weighted by molar-refractivity contribution is 7.91. The molecule has 4 rings (SSSR count). The number of carbonyl (C=O) groups excluding carboxylic acids is 1.